The van der Waals surface area contributed by atoms with E-state index in [1.54, 1.807) is 24.9 Å². The Hall–Kier alpha value is -3.43. The lowest BCUT2D eigenvalue weighted by atomic mass is 10.1. The van der Waals surface area contributed by atoms with Crippen molar-refractivity contribution in [1.29, 1.82) is 0 Å². The summed E-state index contributed by atoms with van der Waals surface area (Å²) in [6.45, 7) is 8.06. The van der Waals surface area contributed by atoms with Crippen molar-refractivity contribution in [3.8, 4) is 0 Å². The van der Waals surface area contributed by atoms with E-state index < -0.39 is 17.9 Å². The van der Waals surface area contributed by atoms with Crippen LogP contribution in [-0.2, 0) is 16.0 Å². The molecular weight excluding hydrogens is 511 g/mol. The van der Waals surface area contributed by atoms with Gasteiger partial charge >= 0.3 is 0 Å². The van der Waals surface area contributed by atoms with Gasteiger partial charge in [-0.05, 0) is 67.8 Å². The second-order valence-electron chi connectivity index (χ2n) is 8.11. The highest BCUT2D eigenvalue weighted by atomic mass is 32.1. The monoisotopic (exact) mass is 545 g/mol. The van der Waals surface area contributed by atoms with Crippen molar-refractivity contribution < 1.29 is 22.7 Å². The summed E-state index contributed by atoms with van der Waals surface area (Å²) in [5.74, 6) is -1.11. The third-order valence-electron chi connectivity index (χ3n) is 5.48. The number of halogens is 3. The number of allylic oxidation sites excluding steroid dienone is 1. The fraction of sp³-hybridized carbons (Fsp3) is 0.310. The van der Waals surface area contributed by atoms with E-state index >= 15 is 0 Å². The molecule has 4 rings (SSSR count). The van der Waals surface area contributed by atoms with Gasteiger partial charge in [0.25, 0.3) is 5.91 Å². The van der Waals surface area contributed by atoms with Crippen molar-refractivity contribution >= 4 is 28.6 Å². The van der Waals surface area contributed by atoms with Gasteiger partial charge in [-0.15, -0.1) is 11.3 Å². The van der Waals surface area contributed by atoms with Crippen LogP contribution in [0, 0.1) is 23.7 Å². The van der Waals surface area contributed by atoms with Crippen molar-refractivity contribution in [1.82, 2.24) is 4.90 Å². The van der Waals surface area contributed by atoms with E-state index in [-0.39, 0.29) is 17.6 Å². The van der Waals surface area contributed by atoms with Crippen molar-refractivity contribution in [2.75, 3.05) is 25.9 Å². The molecule has 1 aromatic heterocycles. The number of aryl methyl sites for hydroxylation is 1. The number of anilines is 1. The maximum absolute atomic E-state index is 13.5. The lowest BCUT2D eigenvalue weighted by molar-refractivity contribution is -0.127. The Kier molecular flexibility index (Phi) is 12.2. The molecule has 2 N–H and O–H groups in total. The molecule has 3 aromatic rings. The molecular formula is C29H34F3N3O2S. The maximum atomic E-state index is 13.5. The molecule has 0 saturated carbocycles. The zero-order valence-corrected chi connectivity index (χ0v) is 23.1. The van der Waals surface area contributed by atoms with Crippen molar-refractivity contribution in [3.63, 3.8) is 0 Å². The number of aliphatic imine (C=N–C) groups is 1. The molecule has 0 radical (unpaired) electrons. The smallest absolute Gasteiger partial charge is 0.250 e. The predicted octanol–water partition coefficient (Wildman–Crippen LogP) is 6.56. The zero-order valence-electron chi connectivity index (χ0n) is 22.3. The quantitative estimate of drug-likeness (QED) is 0.282. The topological polar surface area (TPSA) is 67.9 Å². The van der Waals surface area contributed by atoms with Crippen LogP contribution in [0.4, 0.5) is 18.9 Å². The number of nitrogen functional groups attached to an aromatic ring is 1. The Morgan fingerprint density at radius 3 is 2.24 bits per heavy atom. The summed E-state index contributed by atoms with van der Waals surface area (Å²) in [5, 5.41) is -0.273. The fourth-order valence-electron chi connectivity index (χ4n) is 3.80. The molecule has 9 heteroatoms. The van der Waals surface area contributed by atoms with E-state index in [1.807, 2.05) is 51.1 Å². The van der Waals surface area contributed by atoms with Gasteiger partial charge in [0.1, 0.15) is 18.2 Å². The number of nitrogens with zero attached hydrogens (tertiary/aromatic N) is 2. The SMILES string of the molecule is C/C=C(\C(=NC)c1ccc(F)s1)C1OCC(=O)N1CCc1ccc(N)cc1.CC.Cc1cc(F)cc(F)c1. The molecule has 0 bridgehead atoms. The summed E-state index contributed by atoms with van der Waals surface area (Å²) in [6, 6.07) is 14.1. The van der Waals surface area contributed by atoms with Crippen LogP contribution in [0.15, 0.2) is 71.2 Å². The van der Waals surface area contributed by atoms with E-state index in [2.05, 4.69) is 4.99 Å². The molecule has 204 valence electrons. The summed E-state index contributed by atoms with van der Waals surface area (Å²) in [5.41, 5.74) is 9.53. The number of thiophene rings is 1. The minimum absolute atomic E-state index is 0.0273. The molecule has 1 atom stereocenters. The van der Waals surface area contributed by atoms with E-state index in [9.17, 15) is 18.0 Å². The largest absolute Gasteiger partial charge is 0.399 e. The molecule has 1 saturated heterocycles. The van der Waals surface area contributed by atoms with Crippen molar-refractivity contribution in [2.45, 2.75) is 40.3 Å². The van der Waals surface area contributed by atoms with Crippen LogP contribution in [-0.4, -0.2) is 42.9 Å². The summed E-state index contributed by atoms with van der Waals surface area (Å²) in [6.07, 6.45) is 2.04. The Morgan fingerprint density at radius 2 is 1.74 bits per heavy atom. The first-order chi connectivity index (χ1) is 18.2. The fourth-order valence-corrected chi connectivity index (χ4v) is 4.59. The van der Waals surface area contributed by atoms with Gasteiger partial charge in [-0.3, -0.25) is 9.79 Å². The highest BCUT2D eigenvalue weighted by molar-refractivity contribution is 7.12. The van der Waals surface area contributed by atoms with Gasteiger partial charge < -0.3 is 15.4 Å². The summed E-state index contributed by atoms with van der Waals surface area (Å²) < 4.78 is 43.6. The Balaban J connectivity index is 0.000000387. The number of nitrogens with two attached hydrogens (primary N) is 1. The molecule has 2 heterocycles. The molecule has 5 nitrogen and oxygen atoms in total. The number of hydrogen-bond acceptors (Lipinski definition) is 5. The number of ether oxygens (including phenoxy) is 1. The number of rotatable bonds is 6. The normalized spacial score (nSPS) is 15.5. The summed E-state index contributed by atoms with van der Waals surface area (Å²) >= 11 is 1.03. The molecule has 0 spiro atoms. The van der Waals surface area contributed by atoms with Crippen molar-refractivity contribution in [2.24, 2.45) is 4.99 Å². The van der Waals surface area contributed by atoms with Crippen LogP contribution >= 0.6 is 11.3 Å². The first kappa shape index (κ1) is 30.8. The molecule has 0 aliphatic carbocycles. The number of benzene rings is 2. The van der Waals surface area contributed by atoms with Gasteiger partial charge in [-0.25, -0.2) is 8.78 Å². The van der Waals surface area contributed by atoms with Crippen LogP contribution in [0.3, 0.4) is 0 Å². The highest BCUT2D eigenvalue weighted by Crippen LogP contribution is 2.26. The van der Waals surface area contributed by atoms with E-state index in [0.717, 1.165) is 28.5 Å². The molecule has 1 unspecified atom stereocenters. The van der Waals surface area contributed by atoms with Gasteiger partial charge in [0.2, 0.25) is 0 Å². The van der Waals surface area contributed by atoms with E-state index in [0.29, 0.717) is 34.8 Å². The van der Waals surface area contributed by atoms with Gasteiger partial charge in [-0.1, -0.05) is 32.1 Å². The van der Waals surface area contributed by atoms with Crippen LogP contribution in [0.1, 0.15) is 36.8 Å². The standard InChI is InChI=1S/C20H22FN3O2S.C7H6F2.C2H6/c1-3-15(19(23-2)16-8-9-17(21)27-16)20-24(18(25)12-26-20)11-10-13-4-6-14(22)7-5-13;1-5-2-6(8)4-7(9)3-5;1-2/h3-9,20H,10-12,22H2,1-2H3;2-4H,1H3;1-2H3/b15-3+,23-19?;;. The lowest BCUT2D eigenvalue weighted by Gasteiger charge is -2.26. The van der Waals surface area contributed by atoms with Crippen LogP contribution in [0.5, 0.6) is 0 Å². The van der Waals surface area contributed by atoms with Gasteiger partial charge in [0, 0.05) is 30.9 Å². The average Bonchev–Trinajstić information content (AvgIpc) is 3.48. The zero-order chi connectivity index (χ0) is 28.2. The first-order valence-corrected chi connectivity index (χ1v) is 13.1. The summed E-state index contributed by atoms with van der Waals surface area (Å²) in [4.78, 5) is 19.1. The van der Waals surface area contributed by atoms with Crippen molar-refractivity contribution in [3.05, 3.63) is 99.0 Å². The molecule has 1 fully saturated rings. The van der Waals surface area contributed by atoms with Crippen LogP contribution in [0.2, 0.25) is 0 Å². The molecule has 1 amide bonds. The van der Waals surface area contributed by atoms with Gasteiger partial charge in [0.15, 0.2) is 11.4 Å². The van der Waals surface area contributed by atoms with E-state index in [1.165, 1.54) is 18.2 Å². The van der Waals surface area contributed by atoms with Gasteiger partial charge in [0.05, 0.1) is 10.6 Å². The second kappa shape index (κ2) is 15.1. The Labute approximate surface area is 226 Å². The molecule has 1 aliphatic rings. The average molecular weight is 546 g/mol. The second-order valence-corrected chi connectivity index (χ2v) is 9.14. The van der Waals surface area contributed by atoms with E-state index in [4.69, 9.17) is 10.5 Å². The Morgan fingerprint density at radius 1 is 1.11 bits per heavy atom. The predicted molar refractivity (Wildman–Crippen MR) is 149 cm³/mol. The molecule has 1 aliphatic heterocycles. The third-order valence-corrected chi connectivity index (χ3v) is 6.36. The minimum Gasteiger partial charge on any atom is -0.399 e. The molecule has 38 heavy (non-hydrogen) atoms. The maximum Gasteiger partial charge on any atom is 0.250 e. The highest BCUT2D eigenvalue weighted by Gasteiger charge is 2.36. The number of amides is 1. The third kappa shape index (κ3) is 8.56. The Bertz CT molecular complexity index is 1210. The van der Waals surface area contributed by atoms with Gasteiger partial charge in [-0.2, -0.15) is 4.39 Å². The number of carbonyl (C=O) groups excluding carboxylic acids is 1. The number of hydrogen-bond donors (Lipinski definition) is 1. The summed E-state index contributed by atoms with van der Waals surface area (Å²) in [7, 11) is 1.66. The number of carbonyl (C=O) groups is 1. The first-order valence-electron chi connectivity index (χ1n) is 12.3. The lowest BCUT2D eigenvalue weighted by Crippen LogP contribution is -2.38. The van der Waals surface area contributed by atoms with Crippen LogP contribution in [0.25, 0.3) is 0 Å². The minimum atomic E-state index is -0.528. The van der Waals surface area contributed by atoms with Crippen LogP contribution < -0.4 is 5.73 Å². The molecule has 2 aromatic carbocycles.